The molecule has 0 aromatic heterocycles. The van der Waals surface area contributed by atoms with E-state index in [4.69, 9.17) is 0 Å². The third-order valence-corrected chi connectivity index (χ3v) is 3.91. The lowest BCUT2D eigenvalue weighted by molar-refractivity contribution is -0.122. The molecule has 0 spiro atoms. The van der Waals surface area contributed by atoms with Gasteiger partial charge >= 0.3 is 0 Å². The van der Waals surface area contributed by atoms with Gasteiger partial charge in [-0.05, 0) is 49.9 Å². The number of amides is 1. The van der Waals surface area contributed by atoms with Crippen LogP contribution in [0.5, 0.6) is 0 Å². The third-order valence-electron chi connectivity index (χ3n) is 3.91. The van der Waals surface area contributed by atoms with Gasteiger partial charge in [0.1, 0.15) is 5.82 Å². The second-order valence-corrected chi connectivity index (χ2v) is 6.05. The average molecular weight is 294 g/mol. The van der Waals surface area contributed by atoms with E-state index in [1.807, 2.05) is 11.9 Å². The van der Waals surface area contributed by atoms with Crippen LogP contribution in [0.15, 0.2) is 18.2 Å². The second kappa shape index (κ2) is 7.00. The van der Waals surface area contributed by atoms with Gasteiger partial charge in [0.25, 0.3) is 0 Å². The molecule has 5 heteroatoms. The van der Waals surface area contributed by atoms with E-state index < -0.39 is 0 Å². The molecule has 2 rings (SSSR count). The number of nitrogens with one attached hydrogen (secondary N) is 1. The maximum atomic E-state index is 13.1. The van der Waals surface area contributed by atoms with Gasteiger partial charge in [-0.15, -0.1) is 0 Å². The first kappa shape index (κ1) is 15.9. The SMILES string of the molecule is Cc1cc(CNC(=O)CN(C)CC2CC(O)C2)ccc1F. The number of halogens is 1. The van der Waals surface area contributed by atoms with E-state index >= 15 is 0 Å². The summed E-state index contributed by atoms with van der Waals surface area (Å²) in [4.78, 5) is 13.8. The van der Waals surface area contributed by atoms with E-state index in [2.05, 4.69) is 5.32 Å². The van der Waals surface area contributed by atoms with Crippen molar-refractivity contribution in [2.24, 2.45) is 5.92 Å². The Morgan fingerprint density at radius 2 is 2.19 bits per heavy atom. The molecule has 4 nitrogen and oxygen atoms in total. The lowest BCUT2D eigenvalue weighted by Crippen LogP contribution is -2.41. The number of aryl methyl sites for hydroxylation is 1. The molecule has 0 unspecified atom stereocenters. The summed E-state index contributed by atoms with van der Waals surface area (Å²) >= 11 is 0. The van der Waals surface area contributed by atoms with E-state index in [9.17, 15) is 14.3 Å². The van der Waals surface area contributed by atoms with Gasteiger partial charge in [0.05, 0.1) is 12.6 Å². The van der Waals surface area contributed by atoms with E-state index in [1.165, 1.54) is 6.07 Å². The molecule has 0 saturated heterocycles. The quantitative estimate of drug-likeness (QED) is 0.835. The first-order valence-electron chi connectivity index (χ1n) is 7.32. The van der Waals surface area contributed by atoms with Crippen LogP contribution in [-0.2, 0) is 11.3 Å². The Bertz CT molecular complexity index is 501. The van der Waals surface area contributed by atoms with Crippen molar-refractivity contribution in [2.75, 3.05) is 20.1 Å². The van der Waals surface area contributed by atoms with E-state index in [0.717, 1.165) is 24.9 Å². The standard InChI is InChI=1S/C16H23FN2O2/c1-11-5-12(3-4-15(11)17)8-18-16(21)10-19(2)9-13-6-14(20)7-13/h3-5,13-14,20H,6-10H2,1-2H3,(H,18,21). The summed E-state index contributed by atoms with van der Waals surface area (Å²) in [6.07, 6.45) is 1.51. The number of aliphatic hydroxyl groups is 1. The molecule has 1 saturated carbocycles. The zero-order valence-electron chi connectivity index (χ0n) is 12.6. The minimum Gasteiger partial charge on any atom is -0.393 e. The molecule has 21 heavy (non-hydrogen) atoms. The Hall–Kier alpha value is -1.46. The largest absolute Gasteiger partial charge is 0.393 e. The lowest BCUT2D eigenvalue weighted by Gasteiger charge is -2.34. The van der Waals surface area contributed by atoms with Gasteiger partial charge in [0, 0.05) is 13.1 Å². The van der Waals surface area contributed by atoms with Gasteiger partial charge in [-0.3, -0.25) is 9.69 Å². The third kappa shape index (κ3) is 4.79. The second-order valence-electron chi connectivity index (χ2n) is 6.05. The maximum Gasteiger partial charge on any atom is 0.234 e. The zero-order valence-corrected chi connectivity index (χ0v) is 12.6. The lowest BCUT2D eigenvalue weighted by atomic mass is 9.82. The Morgan fingerprint density at radius 1 is 1.48 bits per heavy atom. The molecule has 2 N–H and O–H groups in total. The number of hydrogen-bond donors (Lipinski definition) is 2. The highest BCUT2D eigenvalue weighted by atomic mass is 19.1. The molecule has 0 bridgehead atoms. The number of rotatable bonds is 6. The Balaban J connectivity index is 1.70. The van der Waals surface area contributed by atoms with Crippen molar-refractivity contribution in [3.05, 3.63) is 35.1 Å². The minimum atomic E-state index is -0.229. The first-order valence-corrected chi connectivity index (χ1v) is 7.32. The molecule has 0 heterocycles. The topological polar surface area (TPSA) is 52.6 Å². The summed E-state index contributed by atoms with van der Waals surface area (Å²) in [5, 5.41) is 12.1. The van der Waals surface area contributed by atoms with Crippen molar-refractivity contribution in [1.82, 2.24) is 10.2 Å². The highest BCUT2D eigenvalue weighted by Gasteiger charge is 2.28. The van der Waals surface area contributed by atoms with Crippen LogP contribution in [0, 0.1) is 18.7 Å². The Morgan fingerprint density at radius 3 is 2.81 bits per heavy atom. The molecule has 116 valence electrons. The van der Waals surface area contributed by atoms with E-state index in [-0.39, 0.29) is 17.8 Å². The van der Waals surface area contributed by atoms with Gasteiger partial charge in [-0.2, -0.15) is 0 Å². The fourth-order valence-electron chi connectivity index (χ4n) is 2.67. The number of benzene rings is 1. The molecule has 1 aromatic carbocycles. The monoisotopic (exact) mass is 294 g/mol. The van der Waals surface area contributed by atoms with Crippen LogP contribution in [0.3, 0.4) is 0 Å². The van der Waals surface area contributed by atoms with Gasteiger partial charge in [0.15, 0.2) is 0 Å². The molecule has 1 aliphatic rings. The van der Waals surface area contributed by atoms with E-state index in [0.29, 0.717) is 24.6 Å². The number of aliphatic hydroxyl groups excluding tert-OH is 1. The number of hydrogen-bond acceptors (Lipinski definition) is 3. The predicted octanol–water partition coefficient (Wildman–Crippen LogP) is 1.45. The molecule has 1 aromatic rings. The normalized spacial score (nSPS) is 21.2. The number of carbonyl (C=O) groups is 1. The summed E-state index contributed by atoms with van der Waals surface area (Å²) in [5.41, 5.74) is 1.48. The molecule has 0 atom stereocenters. The van der Waals surface area contributed by atoms with Crippen molar-refractivity contribution in [1.29, 1.82) is 0 Å². The van der Waals surface area contributed by atoms with Crippen LogP contribution >= 0.6 is 0 Å². The summed E-state index contributed by atoms with van der Waals surface area (Å²) in [6.45, 7) is 3.30. The molecule has 1 amide bonds. The van der Waals surface area contributed by atoms with Crippen LogP contribution in [0.25, 0.3) is 0 Å². The highest BCUT2D eigenvalue weighted by Crippen LogP contribution is 2.27. The van der Waals surface area contributed by atoms with Crippen molar-refractivity contribution in [3.8, 4) is 0 Å². The van der Waals surface area contributed by atoms with Crippen LogP contribution in [-0.4, -0.2) is 42.2 Å². The van der Waals surface area contributed by atoms with Crippen LogP contribution in [0.4, 0.5) is 4.39 Å². The molecule has 1 aliphatic carbocycles. The number of nitrogens with zero attached hydrogens (tertiary/aromatic N) is 1. The molecular weight excluding hydrogens is 271 g/mol. The fraction of sp³-hybridized carbons (Fsp3) is 0.562. The maximum absolute atomic E-state index is 13.1. The Labute approximate surface area is 125 Å². The van der Waals surface area contributed by atoms with Gasteiger partial charge < -0.3 is 10.4 Å². The molecule has 0 aliphatic heterocycles. The van der Waals surface area contributed by atoms with Crippen LogP contribution in [0.1, 0.15) is 24.0 Å². The zero-order chi connectivity index (χ0) is 15.4. The summed E-state index contributed by atoms with van der Waals surface area (Å²) < 4.78 is 13.1. The minimum absolute atomic E-state index is 0.0423. The van der Waals surface area contributed by atoms with Gasteiger partial charge in [-0.25, -0.2) is 4.39 Å². The average Bonchev–Trinajstić information content (AvgIpc) is 2.38. The first-order chi connectivity index (χ1) is 9.94. The number of likely N-dealkylation sites (N-methyl/N-ethyl adjacent to an activating group) is 1. The summed E-state index contributed by atoms with van der Waals surface area (Å²) in [7, 11) is 1.91. The van der Waals surface area contributed by atoms with Gasteiger partial charge in [0.2, 0.25) is 5.91 Å². The van der Waals surface area contributed by atoms with Crippen LogP contribution < -0.4 is 5.32 Å². The molecular formula is C16H23FN2O2. The Kier molecular flexibility index (Phi) is 5.31. The highest BCUT2D eigenvalue weighted by molar-refractivity contribution is 5.77. The molecule has 1 fully saturated rings. The predicted molar refractivity (Wildman–Crippen MR) is 79.2 cm³/mol. The van der Waals surface area contributed by atoms with Gasteiger partial charge in [-0.1, -0.05) is 12.1 Å². The van der Waals surface area contributed by atoms with E-state index in [1.54, 1.807) is 19.1 Å². The number of carbonyl (C=O) groups excluding carboxylic acids is 1. The smallest absolute Gasteiger partial charge is 0.234 e. The fourth-order valence-corrected chi connectivity index (χ4v) is 2.67. The van der Waals surface area contributed by atoms with Crippen molar-refractivity contribution in [2.45, 2.75) is 32.4 Å². The van der Waals surface area contributed by atoms with Crippen molar-refractivity contribution >= 4 is 5.91 Å². The van der Waals surface area contributed by atoms with Crippen molar-refractivity contribution < 1.29 is 14.3 Å². The summed E-state index contributed by atoms with van der Waals surface area (Å²) in [6, 6.07) is 4.85. The van der Waals surface area contributed by atoms with Crippen molar-refractivity contribution in [3.63, 3.8) is 0 Å². The van der Waals surface area contributed by atoms with Crippen LogP contribution in [0.2, 0.25) is 0 Å². The summed E-state index contributed by atoms with van der Waals surface area (Å²) in [5.74, 6) is 0.226. The molecule has 0 radical (unpaired) electrons.